The fourth-order valence-electron chi connectivity index (χ4n) is 3.19. The maximum atomic E-state index is 12.6. The van der Waals surface area contributed by atoms with Crippen molar-refractivity contribution in [1.29, 1.82) is 0 Å². The van der Waals surface area contributed by atoms with Crippen molar-refractivity contribution in [2.75, 3.05) is 12.3 Å². The number of anilines is 1. The first kappa shape index (κ1) is 22.4. The van der Waals surface area contributed by atoms with Gasteiger partial charge in [0.05, 0.1) is 36.2 Å². The summed E-state index contributed by atoms with van der Waals surface area (Å²) >= 11 is 0. The highest BCUT2D eigenvalue weighted by Crippen LogP contribution is 2.18. The number of nitrogens with zero attached hydrogens (tertiary/aromatic N) is 4. The van der Waals surface area contributed by atoms with Crippen molar-refractivity contribution in [3.8, 4) is 0 Å². The number of sulfonamides is 1. The molecule has 0 atom stereocenters. The van der Waals surface area contributed by atoms with E-state index in [9.17, 15) is 13.2 Å². The highest BCUT2D eigenvalue weighted by atomic mass is 32.2. The van der Waals surface area contributed by atoms with Crippen LogP contribution in [0.3, 0.4) is 0 Å². The van der Waals surface area contributed by atoms with Crippen LogP contribution in [0.2, 0.25) is 0 Å². The molecule has 0 aliphatic carbocycles. The Kier molecular flexibility index (Phi) is 6.38. The van der Waals surface area contributed by atoms with Gasteiger partial charge in [0.1, 0.15) is 17.6 Å². The van der Waals surface area contributed by atoms with Gasteiger partial charge in [-0.25, -0.2) is 32.9 Å². The number of carbonyl (C=O) groups is 1. The van der Waals surface area contributed by atoms with E-state index in [1.54, 1.807) is 36.0 Å². The largest absolute Gasteiger partial charge is 0.468 e. The van der Waals surface area contributed by atoms with Crippen molar-refractivity contribution >= 4 is 33.0 Å². The zero-order valence-corrected chi connectivity index (χ0v) is 18.6. The number of esters is 1. The lowest BCUT2D eigenvalue weighted by molar-refractivity contribution is 0.0495. The van der Waals surface area contributed by atoms with Crippen LogP contribution in [0.15, 0.2) is 58.6 Å². The molecular weight excluding hydrogens is 448 g/mol. The van der Waals surface area contributed by atoms with Gasteiger partial charge < -0.3 is 19.5 Å². The van der Waals surface area contributed by atoms with Gasteiger partial charge in [-0.05, 0) is 43.2 Å². The lowest BCUT2D eigenvalue weighted by atomic mass is 10.1. The molecule has 3 heterocycles. The molecule has 3 N–H and O–H groups in total. The first-order valence-electron chi connectivity index (χ1n) is 10.1. The minimum absolute atomic E-state index is 0.00247. The van der Waals surface area contributed by atoms with Gasteiger partial charge in [-0.1, -0.05) is 6.07 Å². The number of imidazole rings is 1. The number of fused-ring (bicyclic) bond motifs is 1. The van der Waals surface area contributed by atoms with Crippen LogP contribution >= 0.6 is 0 Å². The molecule has 12 heteroatoms. The van der Waals surface area contributed by atoms with Crippen LogP contribution in [-0.4, -0.2) is 40.5 Å². The maximum absolute atomic E-state index is 12.6. The Labute approximate surface area is 189 Å². The topological polar surface area (TPSA) is 155 Å². The van der Waals surface area contributed by atoms with Gasteiger partial charge in [0, 0.05) is 6.54 Å². The summed E-state index contributed by atoms with van der Waals surface area (Å²) in [6.07, 6.45) is 4.93. The molecule has 0 aliphatic rings. The number of nitrogens with two attached hydrogens (primary N) is 1. The predicted molar refractivity (Wildman–Crippen MR) is 119 cm³/mol. The van der Waals surface area contributed by atoms with Crippen molar-refractivity contribution in [3.05, 3.63) is 66.1 Å². The van der Waals surface area contributed by atoms with Gasteiger partial charge in [0.2, 0.25) is 10.0 Å². The minimum atomic E-state index is -3.84. The van der Waals surface area contributed by atoms with Crippen molar-refractivity contribution in [3.63, 3.8) is 0 Å². The number of furan rings is 1. The van der Waals surface area contributed by atoms with Gasteiger partial charge in [0.25, 0.3) is 0 Å². The third-order valence-corrected chi connectivity index (χ3v) is 6.36. The molecule has 0 saturated heterocycles. The van der Waals surface area contributed by atoms with Gasteiger partial charge in [-0.3, -0.25) is 0 Å². The summed E-state index contributed by atoms with van der Waals surface area (Å²) in [6, 6.07) is 7.65. The number of aryl methyl sites for hydroxylation is 2. The second-order valence-corrected chi connectivity index (χ2v) is 9.01. The Morgan fingerprint density at radius 2 is 2.09 bits per heavy atom. The molecule has 11 nitrogen and oxygen atoms in total. The molecule has 0 saturated carbocycles. The van der Waals surface area contributed by atoms with E-state index < -0.39 is 16.0 Å². The summed E-state index contributed by atoms with van der Waals surface area (Å²) in [5, 5.41) is 0. The summed E-state index contributed by atoms with van der Waals surface area (Å²) in [5.41, 5.74) is 7.69. The lowest BCUT2D eigenvalue weighted by Crippen LogP contribution is -2.23. The average molecular weight is 471 g/mol. The van der Waals surface area contributed by atoms with Crippen molar-refractivity contribution < 1.29 is 22.4 Å². The van der Waals surface area contributed by atoms with Crippen LogP contribution in [-0.2, 0) is 27.8 Å². The molecule has 0 amide bonds. The Morgan fingerprint density at radius 3 is 2.88 bits per heavy atom. The molecule has 0 spiro atoms. The number of hydrogen-bond donors (Lipinski definition) is 2. The minimum Gasteiger partial charge on any atom is -0.468 e. The second kappa shape index (κ2) is 9.38. The third kappa shape index (κ3) is 5.02. The normalized spacial score (nSPS) is 11.7. The summed E-state index contributed by atoms with van der Waals surface area (Å²) < 4.78 is 40.0. The molecule has 0 unspecified atom stereocenters. The zero-order valence-electron chi connectivity index (χ0n) is 17.8. The van der Waals surface area contributed by atoms with Gasteiger partial charge >= 0.3 is 5.97 Å². The molecule has 4 aromatic rings. The Hall–Kier alpha value is -3.77. The molecule has 33 heavy (non-hydrogen) atoms. The summed E-state index contributed by atoms with van der Waals surface area (Å²) in [6.45, 7) is 2.35. The van der Waals surface area contributed by atoms with Crippen LogP contribution in [0.4, 0.5) is 5.82 Å². The van der Waals surface area contributed by atoms with E-state index in [0.717, 1.165) is 0 Å². The second-order valence-electron chi connectivity index (χ2n) is 7.24. The zero-order chi connectivity index (χ0) is 23.4. The summed E-state index contributed by atoms with van der Waals surface area (Å²) in [4.78, 5) is 24.8. The first-order valence-corrected chi connectivity index (χ1v) is 11.5. The number of carbonyl (C=O) groups excluding carboxylic acids is 1. The summed E-state index contributed by atoms with van der Waals surface area (Å²) in [7, 11) is -3.84. The van der Waals surface area contributed by atoms with Crippen LogP contribution < -0.4 is 10.5 Å². The van der Waals surface area contributed by atoms with Gasteiger partial charge in [0.15, 0.2) is 11.5 Å². The molecule has 172 valence electrons. The molecule has 0 aliphatic heterocycles. The molecule has 4 rings (SSSR count). The number of rotatable bonds is 9. The van der Waals surface area contributed by atoms with E-state index in [1.165, 1.54) is 24.7 Å². The first-order chi connectivity index (χ1) is 15.8. The van der Waals surface area contributed by atoms with E-state index in [0.29, 0.717) is 41.3 Å². The monoisotopic (exact) mass is 470 g/mol. The molecule has 0 radical (unpaired) electrons. The Bertz CT molecular complexity index is 1380. The maximum Gasteiger partial charge on any atom is 0.338 e. The fraction of sp³-hybridized carbons (Fsp3) is 0.238. The Morgan fingerprint density at radius 1 is 1.24 bits per heavy atom. The smallest absolute Gasteiger partial charge is 0.338 e. The average Bonchev–Trinajstić information content (AvgIpc) is 3.46. The molecule has 0 fully saturated rings. The number of nitrogen functional groups attached to an aromatic ring is 1. The van der Waals surface area contributed by atoms with Crippen molar-refractivity contribution in [2.24, 2.45) is 0 Å². The number of ether oxygens (including phenoxy) is 1. The highest BCUT2D eigenvalue weighted by Gasteiger charge is 2.19. The highest BCUT2D eigenvalue weighted by molar-refractivity contribution is 7.89. The fourth-order valence-corrected chi connectivity index (χ4v) is 4.21. The van der Waals surface area contributed by atoms with E-state index in [-0.39, 0.29) is 23.6 Å². The molecule has 0 bridgehead atoms. The number of benzene rings is 1. The van der Waals surface area contributed by atoms with Crippen molar-refractivity contribution in [1.82, 2.24) is 24.2 Å². The van der Waals surface area contributed by atoms with E-state index in [4.69, 9.17) is 14.9 Å². The van der Waals surface area contributed by atoms with Crippen LogP contribution in [0, 0.1) is 6.92 Å². The van der Waals surface area contributed by atoms with E-state index in [2.05, 4.69) is 19.7 Å². The molecular formula is C21H22N6O5S. The predicted octanol–water partition coefficient (Wildman–Crippen LogP) is 2.04. The van der Waals surface area contributed by atoms with Crippen LogP contribution in [0.5, 0.6) is 0 Å². The summed E-state index contributed by atoms with van der Waals surface area (Å²) in [5.74, 6) is 0.178. The lowest BCUT2D eigenvalue weighted by Gasteiger charge is -2.11. The van der Waals surface area contributed by atoms with Crippen molar-refractivity contribution in [2.45, 2.75) is 31.3 Å². The van der Waals surface area contributed by atoms with Crippen LogP contribution in [0.25, 0.3) is 11.2 Å². The quantitative estimate of drug-likeness (QED) is 0.276. The Balaban J connectivity index is 1.37. The van der Waals surface area contributed by atoms with Gasteiger partial charge in [-0.15, -0.1) is 0 Å². The number of nitrogens with one attached hydrogen (secondary N) is 1. The SMILES string of the molecule is Cc1ccc(S(=O)(=O)NCc2ccco2)cc1C(=O)OCCCn1cnc2c(N)ncnc21. The van der Waals surface area contributed by atoms with Gasteiger partial charge in [-0.2, -0.15) is 0 Å². The molecule has 3 aromatic heterocycles. The molecule has 1 aromatic carbocycles. The van der Waals surface area contributed by atoms with E-state index >= 15 is 0 Å². The standard InChI is InChI=1S/C21H22N6O5S/c1-14-5-6-16(33(29,30)26-11-15-4-2-8-31-15)10-17(14)21(28)32-9-3-7-27-13-25-18-19(22)23-12-24-20(18)27/h2,4-6,8,10,12-13,26H,3,7,9,11H2,1H3,(H2,22,23,24). The van der Waals surface area contributed by atoms with Crippen LogP contribution in [0.1, 0.15) is 28.1 Å². The third-order valence-electron chi connectivity index (χ3n) is 4.96. The number of aromatic nitrogens is 4. The van der Waals surface area contributed by atoms with E-state index in [1.807, 2.05) is 0 Å². The number of hydrogen-bond acceptors (Lipinski definition) is 9.